The fraction of sp³-hybridized carbons (Fsp3) is 0.562. The van der Waals surface area contributed by atoms with Gasteiger partial charge < -0.3 is 9.47 Å². The van der Waals surface area contributed by atoms with E-state index in [2.05, 4.69) is 0 Å². The highest BCUT2D eigenvalue weighted by Gasteiger charge is 2.49. The lowest BCUT2D eigenvalue weighted by atomic mass is 9.91. The number of carbonyl (C=O) groups is 1. The van der Waals surface area contributed by atoms with Gasteiger partial charge in [-0.1, -0.05) is 30.3 Å². The largest absolute Gasteiger partial charge is 0.462 e. The smallest absolute Gasteiger partial charge is 0.397 e. The van der Waals surface area contributed by atoms with Gasteiger partial charge in [0, 0.05) is 13.3 Å². The molecule has 2 rings (SSSR count). The van der Waals surface area contributed by atoms with E-state index >= 15 is 0 Å². The number of ether oxygens (including phenoxy) is 2. The van der Waals surface area contributed by atoms with Gasteiger partial charge in [-0.25, -0.2) is 0 Å². The molecule has 122 valence electrons. The highest BCUT2D eigenvalue weighted by atomic mass is 19.4. The minimum absolute atomic E-state index is 0.0800. The van der Waals surface area contributed by atoms with E-state index in [1.807, 2.05) is 30.3 Å². The van der Waals surface area contributed by atoms with Crippen LogP contribution in [0.5, 0.6) is 0 Å². The molecule has 3 atom stereocenters. The summed E-state index contributed by atoms with van der Waals surface area (Å²) in [4.78, 5) is 11.0. The first kappa shape index (κ1) is 16.8. The maximum absolute atomic E-state index is 12.9. The van der Waals surface area contributed by atoms with Gasteiger partial charge in [0.15, 0.2) is 0 Å². The number of halogens is 3. The average Bonchev–Trinajstić information content (AvgIpc) is 2.44. The lowest BCUT2D eigenvalue weighted by Crippen LogP contribution is -2.47. The molecule has 1 aromatic rings. The Labute approximate surface area is 127 Å². The van der Waals surface area contributed by atoms with Gasteiger partial charge in [0.1, 0.15) is 12.0 Å². The minimum Gasteiger partial charge on any atom is -0.462 e. The molecule has 6 heteroatoms. The number of benzene rings is 1. The van der Waals surface area contributed by atoms with Crippen LogP contribution in [-0.2, 0) is 20.7 Å². The SMILES string of the molecule is CC(=O)O[C@H]1C[C@@H](CCc2ccccc2)OC[C@H]1C(F)(F)F. The van der Waals surface area contributed by atoms with Crippen LogP contribution in [-0.4, -0.2) is 31.0 Å². The number of esters is 1. The standard InChI is InChI=1S/C16H19F3O3/c1-11(20)22-15-9-13(21-10-14(15)16(17,18)19)8-7-12-5-3-2-4-6-12/h2-6,13-15H,7-10H2,1H3/t13-,14-,15+/m1/s1. The number of carbonyl (C=O) groups excluding carboxylic acids is 1. The number of hydrogen-bond acceptors (Lipinski definition) is 3. The van der Waals surface area contributed by atoms with Crippen LogP contribution in [0.25, 0.3) is 0 Å². The van der Waals surface area contributed by atoms with Crippen LogP contribution in [0.2, 0.25) is 0 Å². The molecule has 1 aromatic carbocycles. The monoisotopic (exact) mass is 316 g/mol. The molecule has 0 radical (unpaired) electrons. The highest BCUT2D eigenvalue weighted by Crippen LogP contribution is 2.36. The molecular formula is C16H19F3O3. The fourth-order valence-corrected chi connectivity index (χ4v) is 2.66. The molecule has 0 bridgehead atoms. The molecule has 1 fully saturated rings. The van der Waals surface area contributed by atoms with Gasteiger partial charge in [-0.2, -0.15) is 13.2 Å². The van der Waals surface area contributed by atoms with E-state index in [9.17, 15) is 18.0 Å². The maximum Gasteiger partial charge on any atom is 0.397 e. The first-order chi connectivity index (χ1) is 10.4. The molecule has 0 aromatic heterocycles. The zero-order valence-electron chi connectivity index (χ0n) is 12.3. The van der Waals surface area contributed by atoms with Crippen LogP contribution < -0.4 is 0 Å². The van der Waals surface area contributed by atoms with Crippen molar-refractivity contribution in [3.05, 3.63) is 35.9 Å². The van der Waals surface area contributed by atoms with Gasteiger partial charge in [0.05, 0.1) is 12.7 Å². The van der Waals surface area contributed by atoms with Crippen LogP contribution >= 0.6 is 0 Å². The molecule has 1 aliphatic rings. The van der Waals surface area contributed by atoms with Gasteiger partial charge in [-0.15, -0.1) is 0 Å². The second kappa shape index (κ2) is 7.13. The molecule has 0 unspecified atom stereocenters. The van der Waals surface area contributed by atoms with E-state index in [1.165, 1.54) is 0 Å². The first-order valence-electron chi connectivity index (χ1n) is 7.25. The molecule has 1 saturated heterocycles. The van der Waals surface area contributed by atoms with Gasteiger partial charge in [0.25, 0.3) is 0 Å². The average molecular weight is 316 g/mol. The molecule has 1 aliphatic heterocycles. The van der Waals surface area contributed by atoms with Gasteiger partial charge in [0.2, 0.25) is 0 Å². The molecule has 0 amide bonds. The zero-order chi connectivity index (χ0) is 16.2. The van der Waals surface area contributed by atoms with Crippen molar-refractivity contribution in [3.8, 4) is 0 Å². The quantitative estimate of drug-likeness (QED) is 0.797. The molecule has 22 heavy (non-hydrogen) atoms. The van der Waals surface area contributed by atoms with E-state index in [4.69, 9.17) is 9.47 Å². The van der Waals surface area contributed by atoms with Crippen molar-refractivity contribution in [2.75, 3.05) is 6.61 Å². The van der Waals surface area contributed by atoms with Crippen LogP contribution in [0.3, 0.4) is 0 Å². The molecule has 0 spiro atoms. The normalized spacial score (nSPS) is 25.7. The third-order valence-electron chi connectivity index (χ3n) is 3.79. The molecular weight excluding hydrogens is 297 g/mol. The van der Waals surface area contributed by atoms with Crippen LogP contribution in [0.4, 0.5) is 13.2 Å². The van der Waals surface area contributed by atoms with Crippen molar-refractivity contribution < 1.29 is 27.4 Å². The third-order valence-corrected chi connectivity index (χ3v) is 3.79. The zero-order valence-corrected chi connectivity index (χ0v) is 12.3. The van der Waals surface area contributed by atoms with Crippen LogP contribution in [0, 0.1) is 5.92 Å². The number of rotatable bonds is 4. The Bertz CT molecular complexity index is 487. The lowest BCUT2D eigenvalue weighted by molar-refractivity contribution is -0.243. The van der Waals surface area contributed by atoms with Gasteiger partial charge in [-0.3, -0.25) is 4.79 Å². The molecule has 0 saturated carbocycles. The van der Waals surface area contributed by atoms with Crippen molar-refractivity contribution in [1.29, 1.82) is 0 Å². The van der Waals surface area contributed by atoms with Crippen molar-refractivity contribution in [1.82, 2.24) is 0 Å². The number of alkyl halides is 3. The summed E-state index contributed by atoms with van der Waals surface area (Å²) in [5.41, 5.74) is 1.10. The molecule has 1 heterocycles. The van der Waals surface area contributed by atoms with E-state index in [0.29, 0.717) is 6.42 Å². The summed E-state index contributed by atoms with van der Waals surface area (Å²) in [6.45, 7) is 0.669. The Morgan fingerprint density at radius 2 is 2.00 bits per heavy atom. The molecule has 0 N–H and O–H groups in total. The summed E-state index contributed by atoms with van der Waals surface area (Å²) < 4.78 is 49.1. The molecule has 3 nitrogen and oxygen atoms in total. The first-order valence-corrected chi connectivity index (χ1v) is 7.25. The predicted octanol–water partition coefficient (Wildman–Crippen LogP) is 3.52. The van der Waals surface area contributed by atoms with Gasteiger partial charge in [-0.05, 0) is 18.4 Å². The highest BCUT2D eigenvalue weighted by molar-refractivity contribution is 5.66. The Morgan fingerprint density at radius 1 is 1.32 bits per heavy atom. The minimum atomic E-state index is -4.43. The maximum atomic E-state index is 12.9. The summed E-state index contributed by atoms with van der Waals surface area (Å²) in [6, 6.07) is 9.66. The Morgan fingerprint density at radius 3 is 2.59 bits per heavy atom. The summed E-state index contributed by atoms with van der Waals surface area (Å²) >= 11 is 0. The van der Waals surface area contributed by atoms with Crippen LogP contribution in [0.15, 0.2) is 30.3 Å². The van der Waals surface area contributed by atoms with Crippen molar-refractivity contribution >= 4 is 5.97 Å². The summed E-state index contributed by atoms with van der Waals surface area (Å²) in [5.74, 6) is -2.44. The second-order valence-corrected chi connectivity index (χ2v) is 5.51. The third kappa shape index (κ3) is 4.73. The number of hydrogen-bond donors (Lipinski definition) is 0. The van der Waals surface area contributed by atoms with Crippen molar-refractivity contribution in [2.24, 2.45) is 5.92 Å². The summed E-state index contributed by atoms with van der Waals surface area (Å²) in [6.07, 6.45) is -4.52. The Kier molecular flexibility index (Phi) is 5.45. The predicted molar refractivity (Wildman–Crippen MR) is 74.2 cm³/mol. The van der Waals surface area contributed by atoms with E-state index in [-0.39, 0.29) is 12.5 Å². The van der Waals surface area contributed by atoms with Crippen LogP contribution in [0.1, 0.15) is 25.3 Å². The van der Waals surface area contributed by atoms with E-state index in [1.54, 1.807) is 0 Å². The van der Waals surface area contributed by atoms with E-state index < -0.39 is 30.8 Å². The van der Waals surface area contributed by atoms with Crippen molar-refractivity contribution in [3.63, 3.8) is 0 Å². The number of aryl methyl sites for hydroxylation is 1. The lowest BCUT2D eigenvalue weighted by Gasteiger charge is -2.36. The Hall–Kier alpha value is -1.56. The molecule has 0 aliphatic carbocycles. The fourth-order valence-electron chi connectivity index (χ4n) is 2.66. The van der Waals surface area contributed by atoms with Crippen molar-refractivity contribution in [2.45, 2.75) is 44.6 Å². The Balaban J connectivity index is 1.94. The van der Waals surface area contributed by atoms with E-state index in [0.717, 1.165) is 18.9 Å². The summed E-state index contributed by atoms with van der Waals surface area (Å²) in [7, 11) is 0. The summed E-state index contributed by atoms with van der Waals surface area (Å²) in [5, 5.41) is 0. The van der Waals surface area contributed by atoms with Gasteiger partial charge >= 0.3 is 12.1 Å². The topological polar surface area (TPSA) is 35.5 Å². The second-order valence-electron chi connectivity index (χ2n) is 5.51.